The third-order valence-electron chi connectivity index (χ3n) is 4.14. The van der Waals surface area contributed by atoms with E-state index in [2.05, 4.69) is 5.32 Å². The third kappa shape index (κ3) is 5.42. The van der Waals surface area contributed by atoms with Gasteiger partial charge in [0.05, 0.1) is 23.8 Å². The van der Waals surface area contributed by atoms with Crippen LogP contribution in [-0.4, -0.2) is 39.5 Å². The highest BCUT2D eigenvalue weighted by atomic mass is 35.5. The van der Waals surface area contributed by atoms with E-state index < -0.39 is 32.8 Å². The van der Waals surface area contributed by atoms with Crippen LogP contribution < -0.4 is 10.5 Å². The Bertz CT molecular complexity index is 1160. The highest BCUT2D eigenvalue weighted by Gasteiger charge is 2.28. The Morgan fingerprint density at radius 2 is 1.68 bits per heavy atom. The van der Waals surface area contributed by atoms with Crippen molar-refractivity contribution in [2.45, 2.75) is 32.6 Å². The number of thiophene rings is 1. The Morgan fingerprint density at radius 1 is 1.10 bits per heavy atom. The predicted molar refractivity (Wildman–Crippen MR) is 116 cm³/mol. The molecule has 12 heteroatoms. The van der Waals surface area contributed by atoms with Crippen LogP contribution in [0.5, 0.6) is 0 Å². The van der Waals surface area contributed by atoms with Gasteiger partial charge in [-0.05, 0) is 51.0 Å². The van der Waals surface area contributed by atoms with Gasteiger partial charge < -0.3 is 14.8 Å². The van der Waals surface area contributed by atoms with Gasteiger partial charge in [0.15, 0.2) is 0 Å². The smallest absolute Gasteiger partial charge is 0.348 e. The number of ether oxygens (including phenoxy) is 2. The normalized spacial score (nSPS) is 11.2. The number of hydrogen-bond acceptors (Lipinski definition) is 8. The van der Waals surface area contributed by atoms with Gasteiger partial charge in [-0.15, -0.1) is 11.3 Å². The number of aryl methyl sites for hydroxylation is 1. The van der Waals surface area contributed by atoms with Crippen LogP contribution in [-0.2, 0) is 19.5 Å². The number of halogens is 1. The van der Waals surface area contributed by atoms with Gasteiger partial charge in [-0.25, -0.2) is 23.1 Å². The standard InChI is InChI=1S/C19H21ClN2O7S2/c1-5-28-18(24)14-10(4)15(19(25)29-6-2)30-17(14)22-16(23)11-8-13(31(21,26)27)12(20)7-9(11)3/h7-8H,5-6H2,1-4H3,(H,22,23)(H2,21,26,27). The van der Waals surface area contributed by atoms with Gasteiger partial charge in [0.25, 0.3) is 5.91 Å². The summed E-state index contributed by atoms with van der Waals surface area (Å²) in [7, 11) is -4.17. The summed E-state index contributed by atoms with van der Waals surface area (Å²) in [4.78, 5) is 37.4. The third-order valence-corrected chi connectivity index (χ3v) is 6.71. The molecule has 2 rings (SSSR count). The summed E-state index contributed by atoms with van der Waals surface area (Å²) < 4.78 is 33.5. The summed E-state index contributed by atoms with van der Waals surface area (Å²) in [5.41, 5.74) is 0.676. The van der Waals surface area contributed by atoms with Crippen LogP contribution in [0.25, 0.3) is 0 Å². The van der Waals surface area contributed by atoms with Crippen LogP contribution in [0.15, 0.2) is 17.0 Å². The van der Waals surface area contributed by atoms with Crippen molar-refractivity contribution >= 4 is 55.8 Å². The van der Waals surface area contributed by atoms with Crippen molar-refractivity contribution in [3.8, 4) is 0 Å². The van der Waals surface area contributed by atoms with Crippen molar-refractivity contribution in [2.75, 3.05) is 18.5 Å². The molecule has 3 N–H and O–H groups in total. The fourth-order valence-corrected chi connectivity index (χ4v) is 4.97. The number of sulfonamides is 1. The van der Waals surface area contributed by atoms with Crippen molar-refractivity contribution < 1.29 is 32.3 Å². The van der Waals surface area contributed by atoms with Crippen molar-refractivity contribution in [1.29, 1.82) is 0 Å². The molecule has 0 aliphatic heterocycles. The molecule has 0 saturated carbocycles. The summed E-state index contributed by atoms with van der Waals surface area (Å²) in [6, 6.07) is 2.35. The lowest BCUT2D eigenvalue weighted by Crippen LogP contribution is -2.18. The largest absolute Gasteiger partial charge is 0.462 e. The Balaban J connectivity index is 2.55. The summed E-state index contributed by atoms with van der Waals surface area (Å²) in [5.74, 6) is -2.09. The van der Waals surface area contributed by atoms with E-state index in [1.54, 1.807) is 20.8 Å². The number of anilines is 1. The van der Waals surface area contributed by atoms with E-state index in [9.17, 15) is 22.8 Å². The molecule has 1 heterocycles. The van der Waals surface area contributed by atoms with Crippen molar-refractivity contribution in [3.63, 3.8) is 0 Å². The number of benzene rings is 1. The average molecular weight is 489 g/mol. The van der Waals surface area contributed by atoms with Crippen LogP contribution in [0.3, 0.4) is 0 Å². The van der Waals surface area contributed by atoms with E-state index >= 15 is 0 Å². The molecule has 0 radical (unpaired) electrons. The molecule has 0 saturated heterocycles. The van der Waals surface area contributed by atoms with Crippen LogP contribution in [0, 0.1) is 13.8 Å². The van der Waals surface area contributed by atoms with E-state index in [-0.39, 0.29) is 39.2 Å². The lowest BCUT2D eigenvalue weighted by atomic mass is 10.1. The van der Waals surface area contributed by atoms with Gasteiger partial charge in [-0.3, -0.25) is 4.79 Å². The van der Waals surface area contributed by atoms with Crippen LogP contribution in [0.1, 0.15) is 55.4 Å². The minimum absolute atomic E-state index is 0.0153. The first-order valence-corrected chi connectivity index (χ1v) is 11.8. The number of amides is 1. The maximum Gasteiger partial charge on any atom is 0.348 e. The summed E-state index contributed by atoms with van der Waals surface area (Å²) in [5, 5.41) is 7.65. The molecule has 9 nitrogen and oxygen atoms in total. The number of nitrogens with two attached hydrogens (primary N) is 1. The van der Waals surface area contributed by atoms with Crippen molar-refractivity contribution in [3.05, 3.63) is 44.3 Å². The molecule has 168 valence electrons. The lowest BCUT2D eigenvalue weighted by Gasteiger charge is -2.11. The second kappa shape index (κ2) is 9.77. The maximum atomic E-state index is 12.9. The molecule has 31 heavy (non-hydrogen) atoms. The van der Waals surface area contributed by atoms with Gasteiger partial charge in [-0.2, -0.15) is 0 Å². The molecule has 0 fully saturated rings. The molecule has 0 unspecified atom stereocenters. The number of hydrogen-bond donors (Lipinski definition) is 2. The molecular weight excluding hydrogens is 468 g/mol. The lowest BCUT2D eigenvalue weighted by molar-refractivity contribution is 0.0527. The highest BCUT2D eigenvalue weighted by Crippen LogP contribution is 2.35. The number of esters is 2. The van der Waals surface area contributed by atoms with Gasteiger partial charge in [-0.1, -0.05) is 11.6 Å². The molecule has 0 bridgehead atoms. The van der Waals surface area contributed by atoms with Crippen LogP contribution >= 0.6 is 22.9 Å². The SMILES string of the molecule is CCOC(=O)c1sc(NC(=O)c2cc(S(N)(=O)=O)c(Cl)cc2C)c(C(=O)OCC)c1C. The Morgan fingerprint density at radius 3 is 2.23 bits per heavy atom. The zero-order valence-corrected chi connectivity index (χ0v) is 19.6. The summed E-state index contributed by atoms with van der Waals surface area (Å²) in [6.45, 7) is 6.58. The maximum absolute atomic E-state index is 12.9. The molecular formula is C19H21ClN2O7S2. The van der Waals surface area contributed by atoms with Crippen LogP contribution in [0.4, 0.5) is 5.00 Å². The Kier molecular flexibility index (Phi) is 7.82. The molecule has 2 aromatic rings. The molecule has 1 amide bonds. The monoisotopic (exact) mass is 488 g/mol. The quantitative estimate of drug-likeness (QED) is 0.569. The number of nitrogens with one attached hydrogen (secondary N) is 1. The van der Waals surface area contributed by atoms with Crippen LogP contribution in [0.2, 0.25) is 5.02 Å². The second-order valence-electron chi connectivity index (χ2n) is 6.30. The Hall–Kier alpha value is -2.47. The van der Waals surface area contributed by atoms with Gasteiger partial charge in [0.1, 0.15) is 14.8 Å². The van der Waals surface area contributed by atoms with E-state index in [0.717, 1.165) is 17.4 Å². The molecule has 0 spiro atoms. The molecule has 0 aliphatic rings. The summed E-state index contributed by atoms with van der Waals surface area (Å²) >= 11 is 6.79. The van der Waals surface area contributed by atoms with Gasteiger partial charge in [0.2, 0.25) is 10.0 Å². The number of rotatable bonds is 7. The van der Waals surface area contributed by atoms with Crippen molar-refractivity contribution in [1.82, 2.24) is 0 Å². The molecule has 1 aromatic carbocycles. The van der Waals surface area contributed by atoms with E-state index in [0.29, 0.717) is 11.1 Å². The topological polar surface area (TPSA) is 142 Å². The minimum atomic E-state index is -4.17. The first-order chi connectivity index (χ1) is 14.4. The first kappa shape index (κ1) is 24.8. The van der Waals surface area contributed by atoms with Crippen molar-refractivity contribution in [2.24, 2.45) is 5.14 Å². The first-order valence-electron chi connectivity index (χ1n) is 9.04. The minimum Gasteiger partial charge on any atom is -0.462 e. The zero-order valence-electron chi connectivity index (χ0n) is 17.2. The van der Waals surface area contributed by atoms with E-state index in [1.807, 2.05) is 0 Å². The second-order valence-corrected chi connectivity index (χ2v) is 9.26. The zero-order chi connectivity index (χ0) is 23.5. The average Bonchev–Trinajstić information content (AvgIpc) is 2.97. The molecule has 0 aliphatic carbocycles. The Labute approximate surface area is 188 Å². The number of carbonyl (C=O) groups excluding carboxylic acids is 3. The van der Waals surface area contributed by atoms with Gasteiger partial charge in [0, 0.05) is 5.56 Å². The number of primary sulfonamides is 1. The molecule has 1 aromatic heterocycles. The van der Waals surface area contributed by atoms with E-state index in [4.69, 9.17) is 26.2 Å². The fraction of sp³-hybridized carbons (Fsp3) is 0.316. The number of carbonyl (C=O) groups is 3. The fourth-order valence-electron chi connectivity index (χ4n) is 2.73. The molecule has 0 atom stereocenters. The predicted octanol–water partition coefficient (Wildman–Crippen LogP) is 3.27. The highest BCUT2D eigenvalue weighted by molar-refractivity contribution is 7.89. The van der Waals surface area contributed by atoms with Gasteiger partial charge >= 0.3 is 11.9 Å². The van der Waals surface area contributed by atoms with E-state index in [1.165, 1.54) is 13.0 Å². The summed E-state index contributed by atoms with van der Waals surface area (Å²) in [6.07, 6.45) is 0.